The van der Waals surface area contributed by atoms with Gasteiger partial charge in [-0.3, -0.25) is 0 Å². The fraction of sp³-hybridized carbons (Fsp3) is 0.143. The Bertz CT molecular complexity index is 1230. The number of azide groups is 1. The zero-order valence-corrected chi connectivity index (χ0v) is 17.9. The zero-order valence-electron chi connectivity index (χ0n) is 15.5. The van der Waals surface area contributed by atoms with E-state index in [9.17, 15) is 5.53 Å². The number of aromatic nitrogens is 3. The summed E-state index contributed by atoms with van der Waals surface area (Å²) in [7, 11) is 0. The number of halogens is 2. The van der Waals surface area contributed by atoms with Gasteiger partial charge in [0.15, 0.2) is 5.65 Å². The third-order valence-corrected chi connectivity index (χ3v) is 5.42. The Morgan fingerprint density at radius 2 is 1.86 bits per heavy atom. The predicted molar refractivity (Wildman–Crippen MR) is 120 cm³/mol. The van der Waals surface area contributed by atoms with E-state index >= 15 is 0 Å². The van der Waals surface area contributed by atoms with Crippen LogP contribution in [-0.2, 0) is 6.42 Å². The lowest BCUT2D eigenvalue weighted by molar-refractivity contribution is 0.895. The van der Waals surface area contributed by atoms with E-state index in [2.05, 4.69) is 26.0 Å². The van der Waals surface area contributed by atoms with Gasteiger partial charge >= 0.3 is 0 Å². The molecule has 2 aromatic heterocycles. The molecule has 0 atom stereocenters. The number of para-hydroxylation sites is 1. The Hall–Kier alpha value is -2.86. The molecule has 2 aromatic carbocycles. The van der Waals surface area contributed by atoms with E-state index in [-0.39, 0.29) is 0 Å². The normalized spacial score (nSPS) is 10.9. The van der Waals surface area contributed by atoms with Crippen molar-refractivity contribution in [3.8, 4) is 16.9 Å². The summed E-state index contributed by atoms with van der Waals surface area (Å²) in [6.45, 7) is 1.90. The summed E-state index contributed by atoms with van der Waals surface area (Å²) < 4.78 is 2.76. The summed E-state index contributed by atoms with van der Waals surface area (Å²) >= 11 is 9.49. The second kappa shape index (κ2) is 8.25. The molecule has 0 aliphatic heterocycles. The van der Waals surface area contributed by atoms with Crippen LogP contribution in [0.2, 0.25) is 0 Å². The Morgan fingerprint density at radius 3 is 2.52 bits per heavy atom. The highest BCUT2D eigenvalue weighted by Crippen LogP contribution is 2.39. The van der Waals surface area contributed by atoms with E-state index in [4.69, 9.17) is 21.7 Å². The average Bonchev–Trinajstić information content (AvgIpc) is 3.11. The van der Waals surface area contributed by atoms with Crippen LogP contribution in [0.15, 0.2) is 64.2 Å². The lowest BCUT2D eigenvalue weighted by atomic mass is 10.0. The van der Waals surface area contributed by atoms with Crippen LogP contribution >= 0.6 is 27.5 Å². The Morgan fingerprint density at radius 1 is 1.14 bits per heavy atom. The van der Waals surface area contributed by atoms with Gasteiger partial charge in [-0.2, -0.15) is 5.10 Å². The first kappa shape index (κ1) is 19.5. The summed E-state index contributed by atoms with van der Waals surface area (Å²) in [5, 5.41) is 9.63. The largest absolute Gasteiger partial charge is 0.233 e. The quantitative estimate of drug-likeness (QED) is 0.139. The van der Waals surface area contributed by atoms with Crippen molar-refractivity contribution in [2.24, 2.45) is 5.11 Å². The highest BCUT2D eigenvalue weighted by atomic mass is 79.9. The first-order chi connectivity index (χ1) is 14.1. The fourth-order valence-corrected chi connectivity index (χ4v) is 3.84. The number of benzene rings is 2. The molecule has 0 spiro atoms. The number of aryl methyl sites for hydroxylation is 1. The third kappa shape index (κ3) is 3.60. The van der Waals surface area contributed by atoms with Crippen molar-refractivity contribution in [3.63, 3.8) is 0 Å². The number of rotatable bonds is 5. The molecule has 4 aromatic rings. The molecule has 0 saturated carbocycles. The molecule has 0 N–H and O–H groups in total. The number of pyridine rings is 1. The van der Waals surface area contributed by atoms with Crippen molar-refractivity contribution in [2.45, 2.75) is 13.3 Å². The van der Waals surface area contributed by atoms with Gasteiger partial charge in [-0.05, 0) is 48.7 Å². The highest BCUT2D eigenvalue weighted by molar-refractivity contribution is 9.10. The van der Waals surface area contributed by atoms with Gasteiger partial charge in [-0.1, -0.05) is 51.4 Å². The maximum absolute atomic E-state index is 9.26. The fourth-order valence-electron chi connectivity index (χ4n) is 3.39. The van der Waals surface area contributed by atoms with Crippen LogP contribution in [0.4, 0.5) is 5.69 Å². The molecule has 0 radical (unpaired) electrons. The van der Waals surface area contributed by atoms with Crippen LogP contribution in [0.25, 0.3) is 38.4 Å². The van der Waals surface area contributed by atoms with Gasteiger partial charge in [0.25, 0.3) is 0 Å². The maximum Gasteiger partial charge on any atom is 0.164 e. The van der Waals surface area contributed by atoms with Crippen molar-refractivity contribution in [1.29, 1.82) is 0 Å². The molecular weight excluding hydrogens is 452 g/mol. The van der Waals surface area contributed by atoms with Crippen LogP contribution in [-0.4, -0.2) is 20.6 Å². The monoisotopic (exact) mass is 466 g/mol. The summed E-state index contributed by atoms with van der Waals surface area (Å²) in [6.07, 6.45) is 0.557. The molecule has 0 fully saturated rings. The second-order valence-electron chi connectivity index (χ2n) is 6.45. The zero-order chi connectivity index (χ0) is 20.4. The molecule has 2 heterocycles. The number of nitrogens with zero attached hydrogens (tertiary/aromatic N) is 6. The SMILES string of the molecule is Cc1nc2c(c(-c3ccc(Br)cc3)nn2-c2ccccc2)c(N=[N+]=[N-])c1CCCl. The molecule has 29 heavy (non-hydrogen) atoms. The van der Waals surface area contributed by atoms with Gasteiger partial charge in [0, 0.05) is 26.5 Å². The minimum atomic E-state index is 0.405. The minimum Gasteiger partial charge on any atom is -0.233 e. The van der Waals surface area contributed by atoms with E-state index in [0.717, 1.165) is 32.4 Å². The van der Waals surface area contributed by atoms with Crippen LogP contribution < -0.4 is 0 Å². The van der Waals surface area contributed by atoms with E-state index < -0.39 is 0 Å². The molecule has 144 valence electrons. The highest BCUT2D eigenvalue weighted by Gasteiger charge is 2.22. The van der Waals surface area contributed by atoms with Crippen molar-refractivity contribution < 1.29 is 0 Å². The standard InChI is InChI=1S/C21H16BrClN6/c1-13-17(11-12-23)20(26-28-24)18-19(14-7-9-15(22)10-8-14)27-29(21(18)25-13)16-5-3-2-4-6-16/h2-10H,11-12H2,1H3. The second-order valence-corrected chi connectivity index (χ2v) is 7.75. The molecule has 6 nitrogen and oxygen atoms in total. The van der Waals surface area contributed by atoms with Crippen LogP contribution in [0.5, 0.6) is 0 Å². The maximum atomic E-state index is 9.26. The number of hydrogen-bond acceptors (Lipinski definition) is 3. The Labute approximate surface area is 180 Å². The molecule has 0 unspecified atom stereocenters. The molecule has 0 bridgehead atoms. The number of fused-ring (bicyclic) bond motifs is 1. The van der Waals surface area contributed by atoms with E-state index in [0.29, 0.717) is 29.3 Å². The van der Waals surface area contributed by atoms with Crippen LogP contribution in [0.3, 0.4) is 0 Å². The smallest absolute Gasteiger partial charge is 0.164 e. The molecular formula is C21H16BrClN6. The molecule has 0 aliphatic rings. The topological polar surface area (TPSA) is 79.5 Å². The summed E-state index contributed by atoms with van der Waals surface area (Å²) in [4.78, 5) is 7.91. The van der Waals surface area contributed by atoms with Crippen LogP contribution in [0.1, 0.15) is 11.3 Å². The molecule has 4 rings (SSSR count). The summed E-state index contributed by atoms with van der Waals surface area (Å²) in [5.74, 6) is 0.405. The third-order valence-electron chi connectivity index (χ3n) is 4.70. The molecule has 8 heteroatoms. The lowest BCUT2D eigenvalue weighted by Gasteiger charge is -2.10. The lowest BCUT2D eigenvalue weighted by Crippen LogP contribution is -2.01. The van der Waals surface area contributed by atoms with Gasteiger partial charge in [0.05, 0.1) is 16.8 Å². The van der Waals surface area contributed by atoms with Crippen molar-refractivity contribution in [3.05, 3.63) is 80.8 Å². The van der Waals surface area contributed by atoms with Gasteiger partial charge in [0.2, 0.25) is 0 Å². The van der Waals surface area contributed by atoms with Crippen molar-refractivity contribution in [1.82, 2.24) is 14.8 Å². The number of alkyl halides is 1. The van der Waals surface area contributed by atoms with Crippen molar-refractivity contribution >= 4 is 44.3 Å². The molecule has 0 amide bonds. The van der Waals surface area contributed by atoms with E-state index in [1.165, 1.54) is 0 Å². The summed E-state index contributed by atoms with van der Waals surface area (Å²) in [5.41, 5.74) is 14.6. The minimum absolute atomic E-state index is 0.405. The van der Waals surface area contributed by atoms with Gasteiger partial charge in [-0.25, -0.2) is 9.67 Å². The van der Waals surface area contributed by atoms with Gasteiger partial charge < -0.3 is 0 Å². The first-order valence-electron chi connectivity index (χ1n) is 8.98. The Kier molecular flexibility index (Phi) is 5.53. The van der Waals surface area contributed by atoms with Gasteiger partial charge in [-0.15, -0.1) is 11.6 Å². The van der Waals surface area contributed by atoms with Crippen molar-refractivity contribution in [2.75, 3.05) is 5.88 Å². The average molecular weight is 468 g/mol. The Balaban J connectivity index is 2.14. The predicted octanol–water partition coefficient (Wildman–Crippen LogP) is 6.88. The molecule has 0 aliphatic carbocycles. The van der Waals surface area contributed by atoms with E-state index in [1.54, 1.807) is 4.68 Å². The van der Waals surface area contributed by atoms with Gasteiger partial charge in [0.1, 0.15) is 5.69 Å². The first-order valence-corrected chi connectivity index (χ1v) is 10.3. The van der Waals surface area contributed by atoms with Crippen LogP contribution in [0, 0.1) is 6.92 Å². The molecule has 0 saturated heterocycles. The number of hydrogen-bond donors (Lipinski definition) is 0. The summed E-state index contributed by atoms with van der Waals surface area (Å²) in [6, 6.07) is 17.6. The van der Waals surface area contributed by atoms with E-state index in [1.807, 2.05) is 61.5 Å².